The van der Waals surface area contributed by atoms with Crippen molar-refractivity contribution in [3.63, 3.8) is 0 Å². The summed E-state index contributed by atoms with van der Waals surface area (Å²) >= 11 is 0. The van der Waals surface area contributed by atoms with Crippen molar-refractivity contribution in [1.82, 2.24) is 0 Å². The van der Waals surface area contributed by atoms with Gasteiger partial charge in [0.25, 0.3) is 0 Å². The number of aliphatic carboxylic acids is 1. The molecular weight excluding hydrogens is 923 g/mol. The third kappa shape index (κ3) is 55.7. The third-order valence-electron chi connectivity index (χ3n) is 12.3. The molecule has 0 aromatic rings. The smallest absolute Gasteiger partial charge is 0.306 e. The largest absolute Gasteiger partial charge is 0.545 e. The molecule has 0 spiro atoms. The number of rotatable bonds is 53. The summed E-state index contributed by atoms with van der Waals surface area (Å²) in [5, 5.41) is 11.8. The van der Waals surface area contributed by atoms with Crippen molar-refractivity contribution >= 4 is 17.9 Å². The van der Waals surface area contributed by atoms with E-state index in [1.165, 1.54) is 77.0 Å². The highest BCUT2D eigenvalue weighted by atomic mass is 16.7. The number of nitrogens with zero attached hydrogens (tertiary/aromatic N) is 1. The van der Waals surface area contributed by atoms with Gasteiger partial charge in [0.15, 0.2) is 12.4 Å². The van der Waals surface area contributed by atoms with Gasteiger partial charge >= 0.3 is 11.9 Å². The van der Waals surface area contributed by atoms with E-state index < -0.39 is 24.3 Å². The zero-order valence-electron chi connectivity index (χ0n) is 47.9. The van der Waals surface area contributed by atoms with Crippen molar-refractivity contribution in [1.29, 1.82) is 0 Å². The Balaban J connectivity index is 4.22. The molecule has 422 valence electrons. The number of likely N-dealkylation sites (N-methyl/N-ethyl adjacent to an activating group) is 1. The molecule has 0 saturated carbocycles. The van der Waals surface area contributed by atoms with Gasteiger partial charge in [-0.15, -0.1) is 0 Å². The Labute approximate surface area is 454 Å². The van der Waals surface area contributed by atoms with E-state index in [2.05, 4.69) is 123 Å². The maximum absolute atomic E-state index is 12.9. The van der Waals surface area contributed by atoms with Crippen LogP contribution in [0.3, 0.4) is 0 Å². The molecule has 9 nitrogen and oxygen atoms in total. The van der Waals surface area contributed by atoms with Crippen LogP contribution in [0.5, 0.6) is 0 Å². The van der Waals surface area contributed by atoms with Gasteiger partial charge in [0.05, 0.1) is 40.3 Å². The van der Waals surface area contributed by atoms with Gasteiger partial charge in [0.2, 0.25) is 0 Å². The number of allylic oxidation sites excluding steroid dienone is 18. The number of hydrogen-bond acceptors (Lipinski definition) is 8. The first-order chi connectivity index (χ1) is 36.1. The van der Waals surface area contributed by atoms with E-state index in [1.54, 1.807) is 0 Å². The highest BCUT2D eigenvalue weighted by molar-refractivity contribution is 5.70. The van der Waals surface area contributed by atoms with Gasteiger partial charge < -0.3 is 33.3 Å². The lowest BCUT2D eigenvalue weighted by Crippen LogP contribution is -2.44. The fraction of sp³-hybridized carbons (Fsp3) is 0.677. The molecule has 0 fully saturated rings. The zero-order chi connectivity index (χ0) is 54.1. The molecule has 0 saturated heterocycles. The van der Waals surface area contributed by atoms with E-state index in [1.807, 2.05) is 21.1 Å². The lowest BCUT2D eigenvalue weighted by Gasteiger charge is -2.26. The summed E-state index contributed by atoms with van der Waals surface area (Å²) in [4.78, 5) is 37.3. The van der Waals surface area contributed by atoms with Crippen LogP contribution in [0.15, 0.2) is 109 Å². The van der Waals surface area contributed by atoms with Gasteiger partial charge in [0, 0.05) is 12.8 Å². The number of esters is 2. The SMILES string of the molecule is CC/C=C\C/C=C\C/C=C\C/C=C\C/C=C\C/C=C\C/C=C\CCCCCCCCCCCCCC(=O)OC(COC(=O)CCCCCCC/C=C\C/C=C\CCCCCC)COC(OCC[N+](C)(C)C)C(=O)[O-]. The monoisotopic (exact) mass is 1030 g/mol. The number of ether oxygens (including phenoxy) is 4. The van der Waals surface area contributed by atoms with Crippen LogP contribution in [0.2, 0.25) is 0 Å². The van der Waals surface area contributed by atoms with Crippen LogP contribution >= 0.6 is 0 Å². The van der Waals surface area contributed by atoms with E-state index >= 15 is 0 Å². The number of carboxylic acids is 1. The molecular formula is C65H109NO8. The Hall–Kier alpha value is -4.05. The van der Waals surface area contributed by atoms with E-state index in [4.69, 9.17) is 18.9 Å². The average Bonchev–Trinajstić information content (AvgIpc) is 3.37. The average molecular weight is 1030 g/mol. The van der Waals surface area contributed by atoms with Crippen LogP contribution in [0.25, 0.3) is 0 Å². The molecule has 0 aromatic carbocycles. The van der Waals surface area contributed by atoms with Gasteiger partial charge in [0.1, 0.15) is 13.2 Å². The normalized spacial score (nSPS) is 13.6. The number of hydrogen-bond donors (Lipinski definition) is 0. The van der Waals surface area contributed by atoms with Crippen molar-refractivity contribution in [3.8, 4) is 0 Å². The predicted molar refractivity (Wildman–Crippen MR) is 310 cm³/mol. The minimum Gasteiger partial charge on any atom is -0.545 e. The Morgan fingerprint density at radius 2 is 0.770 bits per heavy atom. The van der Waals surface area contributed by atoms with Crippen molar-refractivity contribution in [2.24, 2.45) is 0 Å². The topological polar surface area (TPSA) is 111 Å². The van der Waals surface area contributed by atoms with Crippen molar-refractivity contribution in [2.45, 2.75) is 238 Å². The minimum atomic E-state index is -1.63. The van der Waals surface area contributed by atoms with E-state index in [0.29, 0.717) is 17.4 Å². The summed E-state index contributed by atoms with van der Waals surface area (Å²) in [5.41, 5.74) is 0. The first kappa shape index (κ1) is 70.0. The lowest BCUT2D eigenvalue weighted by atomic mass is 10.0. The third-order valence-corrected chi connectivity index (χ3v) is 12.3. The maximum atomic E-state index is 12.9. The molecule has 74 heavy (non-hydrogen) atoms. The summed E-state index contributed by atoms with van der Waals surface area (Å²) in [6.07, 6.45) is 72.8. The van der Waals surface area contributed by atoms with Gasteiger partial charge in [-0.3, -0.25) is 9.59 Å². The molecule has 2 unspecified atom stereocenters. The number of unbranched alkanes of at least 4 members (excludes halogenated alkanes) is 20. The van der Waals surface area contributed by atoms with Crippen LogP contribution in [0.4, 0.5) is 0 Å². The minimum absolute atomic E-state index is 0.140. The number of carboxylic acid groups (broad SMARTS) is 1. The van der Waals surface area contributed by atoms with Crippen molar-refractivity contribution in [3.05, 3.63) is 109 Å². The fourth-order valence-corrected chi connectivity index (χ4v) is 7.72. The van der Waals surface area contributed by atoms with Gasteiger partial charge in [-0.1, -0.05) is 220 Å². The first-order valence-electron chi connectivity index (χ1n) is 29.5. The molecule has 2 atom stereocenters. The summed E-state index contributed by atoms with van der Waals surface area (Å²) in [7, 11) is 5.91. The molecule has 0 heterocycles. The quantitative estimate of drug-likeness (QED) is 0.0195. The Kier molecular flexibility index (Phi) is 52.2. The molecule has 0 radical (unpaired) electrons. The highest BCUT2D eigenvalue weighted by Crippen LogP contribution is 2.15. The second-order valence-electron chi connectivity index (χ2n) is 20.5. The maximum Gasteiger partial charge on any atom is 0.306 e. The molecule has 0 amide bonds. The van der Waals surface area contributed by atoms with Crippen LogP contribution < -0.4 is 5.11 Å². The van der Waals surface area contributed by atoms with Gasteiger partial charge in [-0.05, 0) is 103 Å². The van der Waals surface area contributed by atoms with Crippen LogP contribution in [0.1, 0.15) is 226 Å². The predicted octanol–water partition coefficient (Wildman–Crippen LogP) is 16.2. The van der Waals surface area contributed by atoms with Gasteiger partial charge in [-0.2, -0.15) is 0 Å². The molecule has 0 aliphatic heterocycles. The molecule has 0 bridgehead atoms. The van der Waals surface area contributed by atoms with Crippen LogP contribution in [-0.2, 0) is 33.3 Å². The zero-order valence-corrected chi connectivity index (χ0v) is 47.9. The summed E-state index contributed by atoms with van der Waals surface area (Å²) < 4.78 is 22.7. The summed E-state index contributed by atoms with van der Waals surface area (Å²) in [5.74, 6) is -2.31. The Morgan fingerprint density at radius 1 is 0.419 bits per heavy atom. The molecule has 0 aliphatic carbocycles. The Morgan fingerprint density at radius 3 is 1.15 bits per heavy atom. The lowest BCUT2D eigenvalue weighted by molar-refractivity contribution is -0.870. The van der Waals surface area contributed by atoms with Gasteiger partial charge in [-0.25, -0.2) is 0 Å². The molecule has 0 aromatic heterocycles. The number of carbonyl (C=O) groups excluding carboxylic acids is 3. The number of carbonyl (C=O) groups is 3. The molecule has 0 rings (SSSR count). The fourth-order valence-electron chi connectivity index (χ4n) is 7.72. The van der Waals surface area contributed by atoms with Crippen LogP contribution in [-0.4, -0.2) is 82.3 Å². The molecule has 0 N–H and O–H groups in total. The molecule has 0 aliphatic rings. The molecule has 9 heteroatoms. The highest BCUT2D eigenvalue weighted by Gasteiger charge is 2.22. The summed E-state index contributed by atoms with van der Waals surface area (Å²) in [6.45, 7) is 4.59. The van der Waals surface area contributed by atoms with E-state index in [9.17, 15) is 19.5 Å². The van der Waals surface area contributed by atoms with Crippen molar-refractivity contribution in [2.75, 3.05) is 47.5 Å². The number of quaternary nitrogens is 1. The van der Waals surface area contributed by atoms with Crippen LogP contribution in [0, 0.1) is 0 Å². The van der Waals surface area contributed by atoms with E-state index in [-0.39, 0.29) is 38.6 Å². The Bertz CT molecular complexity index is 1580. The van der Waals surface area contributed by atoms with E-state index in [0.717, 1.165) is 116 Å². The first-order valence-corrected chi connectivity index (χ1v) is 29.5. The standard InChI is InChI=1S/C65H109NO8/c1-6-8-10-12-14-16-18-20-22-24-25-26-27-28-29-30-31-32-33-34-35-36-37-38-39-40-42-44-46-48-50-52-54-56-63(68)74-61(60-73-65(64(69)70)71-58-57-66(3,4)5)59-72-62(67)55-53-51-49-47-45-43-41-23-21-19-17-15-13-11-9-7-2/h8,10,14,16-17,19-20,22-23,25-26,28-29,31-32,34-35,41,61,65H,6-7,9,11-13,15,18,21,24,27,30,33,36-40,42-60H2,1-5H3/b10-8-,16-14-,19-17-,22-20-,26-25-,29-28-,32-31-,35-34-,41-23-. The second-order valence-corrected chi connectivity index (χ2v) is 20.5. The van der Waals surface area contributed by atoms with Crippen molar-refractivity contribution < 1.29 is 42.9 Å². The second kappa shape index (κ2) is 55.2. The summed E-state index contributed by atoms with van der Waals surface area (Å²) in [6, 6.07) is 0.